The van der Waals surface area contributed by atoms with E-state index in [1.54, 1.807) is 29.5 Å². The van der Waals surface area contributed by atoms with Gasteiger partial charge in [0.25, 0.3) is 5.91 Å². The normalized spacial score (nSPS) is 10.9. The molecule has 190 valence electrons. The number of aromatic nitrogens is 3. The van der Waals surface area contributed by atoms with Crippen molar-refractivity contribution < 1.29 is 14.3 Å². The van der Waals surface area contributed by atoms with Crippen LogP contribution in [0.3, 0.4) is 0 Å². The zero-order valence-electron chi connectivity index (χ0n) is 20.4. The van der Waals surface area contributed by atoms with Gasteiger partial charge in [-0.05, 0) is 29.6 Å². The summed E-state index contributed by atoms with van der Waals surface area (Å²) in [6.07, 6.45) is 0. The van der Waals surface area contributed by atoms with E-state index < -0.39 is 18.5 Å². The monoisotopic (exact) mass is 548 g/mol. The Labute approximate surface area is 231 Å². The summed E-state index contributed by atoms with van der Waals surface area (Å²) in [4.78, 5) is 40.4. The minimum Gasteiger partial charge on any atom is -0.452 e. The van der Waals surface area contributed by atoms with Crippen LogP contribution in [0.25, 0.3) is 44.1 Å². The van der Waals surface area contributed by atoms with Gasteiger partial charge >= 0.3 is 5.97 Å². The largest absolute Gasteiger partial charge is 0.452 e. The molecule has 0 aliphatic carbocycles. The number of ether oxygens (including phenoxy) is 1. The summed E-state index contributed by atoms with van der Waals surface area (Å²) in [5, 5.41) is 6.97. The lowest BCUT2D eigenvalue weighted by Gasteiger charge is -2.11. The van der Waals surface area contributed by atoms with Crippen molar-refractivity contribution in [3.8, 4) is 33.1 Å². The maximum Gasteiger partial charge on any atom is 0.338 e. The molecule has 0 aliphatic rings. The molecule has 0 bridgehead atoms. The fourth-order valence-electron chi connectivity index (χ4n) is 4.01. The van der Waals surface area contributed by atoms with E-state index >= 15 is 0 Å². The van der Waals surface area contributed by atoms with Crippen molar-refractivity contribution in [2.24, 2.45) is 0 Å². The molecular formula is C30H20N4O3S2. The number of fused-ring (bicyclic) bond motifs is 1. The number of thiazole rings is 1. The maximum absolute atomic E-state index is 12.8. The van der Waals surface area contributed by atoms with Crippen LogP contribution in [0.2, 0.25) is 0 Å². The number of thiophene rings is 1. The number of amides is 1. The molecule has 1 amide bonds. The van der Waals surface area contributed by atoms with E-state index in [1.165, 1.54) is 11.3 Å². The quantitative estimate of drug-likeness (QED) is 0.217. The molecular weight excluding hydrogens is 528 g/mol. The van der Waals surface area contributed by atoms with Crippen molar-refractivity contribution in [3.05, 3.63) is 107 Å². The van der Waals surface area contributed by atoms with Crippen LogP contribution >= 0.6 is 22.7 Å². The van der Waals surface area contributed by atoms with Gasteiger partial charge in [0.2, 0.25) is 0 Å². The van der Waals surface area contributed by atoms with Crippen molar-refractivity contribution in [1.82, 2.24) is 15.0 Å². The molecule has 0 unspecified atom stereocenters. The lowest BCUT2D eigenvalue weighted by molar-refractivity contribution is -0.119. The minimum absolute atomic E-state index is 0.283. The molecule has 39 heavy (non-hydrogen) atoms. The van der Waals surface area contributed by atoms with Crippen molar-refractivity contribution in [2.45, 2.75) is 0 Å². The summed E-state index contributed by atoms with van der Waals surface area (Å²) >= 11 is 2.89. The van der Waals surface area contributed by atoms with E-state index in [0.29, 0.717) is 21.9 Å². The highest BCUT2D eigenvalue weighted by atomic mass is 32.1. The molecule has 3 aromatic heterocycles. The van der Waals surface area contributed by atoms with E-state index in [1.807, 2.05) is 83.6 Å². The Bertz CT molecular complexity index is 1770. The number of esters is 1. The van der Waals surface area contributed by atoms with Gasteiger partial charge in [-0.3, -0.25) is 10.1 Å². The standard InChI is InChI=1S/C30H20N4O3S2/c35-26(34-30-33-24(18-39-30)25-12-7-15-38-25)17-37-29(36)21-13-14-22-23(16-21)32-28(20-10-5-2-6-11-20)27(31-22)19-8-3-1-4-9-19/h1-16,18H,17H2,(H,33,34,35). The Hall–Kier alpha value is -4.73. The second-order valence-corrected chi connectivity index (χ2v) is 10.3. The summed E-state index contributed by atoms with van der Waals surface area (Å²) in [5.41, 5.74) is 5.61. The Morgan fingerprint density at radius 3 is 2.10 bits per heavy atom. The first kappa shape index (κ1) is 24.6. The van der Waals surface area contributed by atoms with Crippen LogP contribution in [-0.2, 0) is 9.53 Å². The van der Waals surface area contributed by atoms with E-state index in [9.17, 15) is 9.59 Å². The lowest BCUT2D eigenvalue weighted by atomic mass is 10.0. The van der Waals surface area contributed by atoms with Gasteiger partial charge in [0.1, 0.15) is 0 Å². The Morgan fingerprint density at radius 1 is 0.744 bits per heavy atom. The third kappa shape index (κ3) is 5.45. The highest BCUT2D eigenvalue weighted by Crippen LogP contribution is 2.31. The van der Waals surface area contributed by atoms with E-state index in [2.05, 4.69) is 10.3 Å². The van der Waals surface area contributed by atoms with Gasteiger partial charge in [-0.15, -0.1) is 22.7 Å². The van der Waals surface area contributed by atoms with Crippen LogP contribution in [-0.4, -0.2) is 33.4 Å². The summed E-state index contributed by atoms with van der Waals surface area (Å²) in [5.74, 6) is -1.09. The molecule has 0 saturated carbocycles. The van der Waals surface area contributed by atoms with Crippen LogP contribution in [0.15, 0.2) is 102 Å². The number of benzene rings is 3. The van der Waals surface area contributed by atoms with Crippen LogP contribution < -0.4 is 5.32 Å². The number of hydrogen-bond acceptors (Lipinski definition) is 8. The van der Waals surface area contributed by atoms with E-state index in [4.69, 9.17) is 14.7 Å². The number of carbonyl (C=O) groups is 2. The number of nitrogens with zero attached hydrogens (tertiary/aromatic N) is 3. The summed E-state index contributed by atoms with van der Waals surface area (Å²) in [6, 6.07) is 28.6. The maximum atomic E-state index is 12.8. The molecule has 0 radical (unpaired) electrons. The van der Waals surface area contributed by atoms with Gasteiger partial charge in [-0.1, -0.05) is 66.7 Å². The van der Waals surface area contributed by atoms with Gasteiger partial charge in [-0.2, -0.15) is 0 Å². The number of anilines is 1. The van der Waals surface area contributed by atoms with Gasteiger partial charge in [0.05, 0.1) is 38.6 Å². The fourth-order valence-corrected chi connectivity index (χ4v) is 5.50. The highest BCUT2D eigenvalue weighted by molar-refractivity contribution is 7.16. The third-order valence-electron chi connectivity index (χ3n) is 5.85. The van der Waals surface area contributed by atoms with Crippen LogP contribution in [0.1, 0.15) is 10.4 Å². The molecule has 0 saturated heterocycles. The molecule has 7 nitrogen and oxygen atoms in total. The molecule has 6 aromatic rings. The first-order valence-corrected chi connectivity index (χ1v) is 13.8. The zero-order valence-corrected chi connectivity index (χ0v) is 22.0. The molecule has 0 fully saturated rings. The zero-order chi connectivity index (χ0) is 26.6. The molecule has 0 aliphatic heterocycles. The average Bonchev–Trinajstić information content (AvgIpc) is 3.68. The third-order valence-corrected chi connectivity index (χ3v) is 7.50. The molecule has 0 spiro atoms. The van der Waals surface area contributed by atoms with E-state index in [-0.39, 0.29) is 5.56 Å². The summed E-state index contributed by atoms with van der Waals surface area (Å²) < 4.78 is 5.28. The number of rotatable bonds is 7. The van der Waals surface area contributed by atoms with Crippen molar-refractivity contribution >= 4 is 50.7 Å². The predicted octanol–water partition coefficient (Wildman–Crippen LogP) is 6.94. The van der Waals surface area contributed by atoms with Crippen molar-refractivity contribution in [2.75, 3.05) is 11.9 Å². The number of hydrogen-bond donors (Lipinski definition) is 1. The number of carbonyl (C=O) groups excluding carboxylic acids is 2. The smallest absolute Gasteiger partial charge is 0.338 e. The van der Waals surface area contributed by atoms with Crippen molar-refractivity contribution in [1.29, 1.82) is 0 Å². The second-order valence-electron chi connectivity index (χ2n) is 8.50. The summed E-state index contributed by atoms with van der Waals surface area (Å²) in [6.45, 7) is -0.432. The lowest BCUT2D eigenvalue weighted by Crippen LogP contribution is -2.20. The van der Waals surface area contributed by atoms with Crippen LogP contribution in [0, 0.1) is 0 Å². The SMILES string of the molecule is O=C(COC(=O)c1ccc2nc(-c3ccccc3)c(-c3ccccc3)nc2c1)Nc1nc(-c2cccs2)cs1. The average molecular weight is 549 g/mol. The molecule has 9 heteroatoms. The van der Waals surface area contributed by atoms with Crippen molar-refractivity contribution in [3.63, 3.8) is 0 Å². The summed E-state index contributed by atoms with van der Waals surface area (Å²) in [7, 11) is 0. The highest BCUT2D eigenvalue weighted by Gasteiger charge is 2.16. The van der Waals surface area contributed by atoms with Crippen LogP contribution in [0.5, 0.6) is 0 Å². The second kappa shape index (κ2) is 10.9. The predicted molar refractivity (Wildman–Crippen MR) is 155 cm³/mol. The first-order valence-electron chi connectivity index (χ1n) is 12.0. The Morgan fingerprint density at radius 2 is 1.44 bits per heavy atom. The molecule has 6 rings (SSSR count). The molecule has 0 atom stereocenters. The molecule has 1 N–H and O–H groups in total. The van der Waals surface area contributed by atoms with Gasteiger partial charge < -0.3 is 4.74 Å². The van der Waals surface area contributed by atoms with Gasteiger partial charge in [0.15, 0.2) is 11.7 Å². The van der Waals surface area contributed by atoms with Gasteiger partial charge in [0, 0.05) is 16.5 Å². The van der Waals surface area contributed by atoms with Gasteiger partial charge in [-0.25, -0.2) is 19.7 Å². The number of nitrogens with one attached hydrogen (secondary N) is 1. The first-order chi connectivity index (χ1) is 19.1. The minimum atomic E-state index is -0.624. The Kier molecular flexibility index (Phi) is 6.90. The topological polar surface area (TPSA) is 94.1 Å². The molecule has 3 aromatic carbocycles. The fraction of sp³-hybridized carbons (Fsp3) is 0.0333. The Balaban J connectivity index is 1.20. The van der Waals surface area contributed by atoms with Crippen LogP contribution in [0.4, 0.5) is 5.13 Å². The molecule has 3 heterocycles. The van der Waals surface area contributed by atoms with E-state index in [0.717, 1.165) is 27.4 Å².